The second kappa shape index (κ2) is 9.27. The van der Waals surface area contributed by atoms with Crippen molar-refractivity contribution in [3.63, 3.8) is 0 Å². The van der Waals surface area contributed by atoms with Crippen molar-refractivity contribution in [2.24, 2.45) is 11.1 Å². The van der Waals surface area contributed by atoms with Crippen molar-refractivity contribution in [3.05, 3.63) is 53.3 Å². The van der Waals surface area contributed by atoms with Crippen LogP contribution in [0.1, 0.15) is 48.9 Å². The minimum Gasteiger partial charge on any atom is -0.384 e. The van der Waals surface area contributed by atoms with Gasteiger partial charge in [-0.2, -0.15) is 23.4 Å². The summed E-state index contributed by atoms with van der Waals surface area (Å²) in [5, 5.41) is 9.04. The van der Waals surface area contributed by atoms with Gasteiger partial charge in [0.05, 0.1) is 24.3 Å². The Balaban J connectivity index is 1.34. The van der Waals surface area contributed by atoms with Crippen molar-refractivity contribution in [1.29, 1.82) is 0 Å². The Hall–Kier alpha value is -3.78. The Morgan fingerprint density at radius 3 is 2.73 bits per heavy atom. The molecule has 0 atom stereocenters. The highest BCUT2D eigenvalue weighted by Crippen LogP contribution is 2.54. The molecular weight excluding hydrogens is 483 g/mol. The number of hydrogen-bond acceptors (Lipinski definition) is 5. The maximum Gasteiger partial charge on any atom is 0.416 e. The van der Waals surface area contributed by atoms with Gasteiger partial charge in [-0.15, -0.1) is 0 Å². The molecule has 4 N–H and O–H groups in total. The second-order valence-corrected chi connectivity index (χ2v) is 9.86. The van der Waals surface area contributed by atoms with E-state index in [0.717, 1.165) is 25.3 Å². The minimum absolute atomic E-state index is 0.0351. The number of nitrogens with zero attached hydrogens (tertiary/aromatic N) is 5. The molecule has 37 heavy (non-hydrogen) atoms. The number of benzene rings is 1. The first kappa shape index (κ1) is 24.9. The van der Waals surface area contributed by atoms with Gasteiger partial charge in [-0.3, -0.25) is 9.48 Å². The van der Waals surface area contributed by atoms with E-state index >= 15 is 0 Å². The molecule has 3 heterocycles. The van der Waals surface area contributed by atoms with Crippen molar-refractivity contribution in [2.45, 2.75) is 51.5 Å². The van der Waals surface area contributed by atoms with Crippen LogP contribution in [0.4, 0.5) is 19.0 Å². The van der Waals surface area contributed by atoms with E-state index in [1.807, 2.05) is 0 Å². The zero-order valence-corrected chi connectivity index (χ0v) is 20.4. The molecule has 2 aromatic heterocycles. The molecule has 1 saturated heterocycles. The Labute approximate surface area is 212 Å². The molecule has 2 fully saturated rings. The van der Waals surface area contributed by atoms with Gasteiger partial charge in [0.15, 0.2) is 0 Å². The number of carbonyl (C=O) groups is 1. The highest BCUT2D eigenvalue weighted by molar-refractivity contribution is 5.93. The van der Waals surface area contributed by atoms with Gasteiger partial charge in [-0.1, -0.05) is 24.1 Å². The molecule has 8 nitrogen and oxygen atoms in total. The van der Waals surface area contributed by atoms with Crippen molar-refractivity contribution >= 4 is 11.7 Å². The van der Waals surface area contributed by atoms with Crippen LogP contribution in [-0.2, 0) is 24.1 Å². The normalized spacial score (nSPS) is 21.1. The minimum atomic E-state index is -4.44. The summed E-state index contributed by atoms with van der Waals surface area (Å²) < 4.78 is 43.4. The molecule has 194 valence electrons. The van der Waals surface area contributed by atoms with Gasteiger partial charge in [-0.25, -0.2) is 4.68 Å². The lowest BCUT2D eigenvalue weighted by Crippen LogP contribution is -2.42. The quantitative estimate of drug-likeness (QED) is 0.511. The maximum atomic E-state index is 13.4. The zero-order valence-electron chi connectivity index (χ0n) is 20.4. The molecule has 2 aliphatic rings. The largest absolute Gasteiger partial charge is 0.416 e. The lowest BCUT2D eigenvalue weighted by molar-refractivity contribution is -0.138. The van der Waals surface area contributed by atoms with Crippen molar-refractivity contribution in [3.8, 4) is 23.1 Å². The lowest BCUT2D eigenvalue weighted by Gasteiger charge is -2.45. The molecule has 1 amide bonds. The Morgan fingerprint density at radius 1 is 1.27 bits per heavy atom. The molecule has 0 unspecified atom stereocenters. The average Bonchev–Trinajstić information content (AvgIpc) is 3.55. The van der Waals surface area contributed by atoms with E-state index in [-0.39, 0.29) is 36.0 Å². The number of nitrogens with two attached hydrogens (primary N) is 2. The number of rotatable bonds is 5. The fourth-order valence-corrected chi connectivity index (χ4v) is 5.62. The number of aromatic nitrogens is 4. The predicted octanol–water partition coefficient (Wildman–Crippen LogP) is 3.43. The first-order valence-corrected chi connectivity index (χ1v) is 12.1. The van der Waals surface area contributed by atoms with E-state index in [2.05, 4.69) is 16.9 Å². The number of anilines is 1. The topological polar surface area (TPSA) is 108 Å². The number of halogens is 3. The summed E-state index contributed by atoms with van der Waals surface area (Å²) in [6.45, 7) is 3.17. The monoisotopic (exact) mass is 511 g/mol. The van der Waals surface area contributed by atoms with Crippen LogP contribution in [0.3, 0.4) is 0 Å². The van der Waals surface area contributed by atoms with Gasteiger partial charge in [0, 0.05) is 37.0 Å². The van der Waals surface area contributed by atoms with Crippen LogP contribution < -0.4 is 11.5 Å². The predicted molar refractivity (Wildman–Crippen MR) is 132 cm³/mol. The van der Waals surface area contributed by atoms with E-state index in [1.54, 1.807) is 35.0 Å². The van der Waals surface area contributed by atoms with Crippen LogP contribution in [0.15, 0.2) is 36.7 Å². The van der Waals surface area contributed by atoms with Gasteiger partial charge in [0.2, 0.25) is 0 Å². The molecular formula is C26H28F3N7O. The molecule has 0 bridgehead atoms. The van der Waals surface area contributed by atoms with Crippen LogP contribution in [0, 0.1) is 17.3 Å². The van der Waals surface area contributed by atoms with Gasteiger partial charge < -0.3 is 16.4 Å². The van der Waals surface area contributed by atoms with Crippen LogP contribution >= 0.6 is 0 Å². The smallest absolute Gasteiger partial charge is 0.384 e. The van der Waals surface area contributed by atoms with Gasteiger partial charge in [0.1, 0.15) is 11.5 Å². The summed E-state index contributed by atoms with van der Waals surface area (Å²) in [6.07, 6.45) is 1.40. The number of nitrogen functional groups attached to an aromatic ring is 1. The van der Waals surface area contributed by atoms with E-state index in [1.165, 1.54) is 16.8 Å². The van der Waals surface area contributed by atoms with Gasteiger partial charge in [0.25, 0.3) is 5.91 Å². The number of likely N-dealkylation sites (tertiary alicyclic amines) is 1. The molecule has 11 heteroatoms. The molecule has 1 aliphatic heterocycles. The van der Waals surface area contributed by atoms with Gasteiger partial charge in [-0.05, 0) is 49.2 Å². The molecule has 1 aromatic carbocycles. The highest BCUT2D eigenvalue weighted by atomic mass is 19.4. The lowest BCUT2D eigenvalue weighted by atomic mass is 9.65. The summed E-state index contributed by atoms with van der Waals surface area (Å²) in [5.41, 5.74) is 13.9. The summed E-state index contributed by atoms with van der Waals surface area (Å²) in [6, 6.07) is 5.54. The van der Waals surface area contributed by atoms with Crippen LogP contribution in [0.2, 0.25) is 0 Å². The zero-order chi connectivity index (χ0) is 26.4. The Morgan fingerprint density at radius 2 is 2.03 bits per heavy atom. The molecule has 3 aromatic rings. The standard InChI is InChI=1S/C26H28F3N7O/c1-2-5-22(37)34-9-8-25(16-34)10-19(11-25)36-24(31)20(12-30)23(33-36)18-13-32-35(15-18)14-17-6-3-4-7-21(17)26(27,28)29/h3-4,6-7,13,15,19H,8-12,14,16,30-31H2,1H3/t19-,25-. The van der Waals surface area contributed by atoms with Crippen LogP contribution in [0.5, 0.6) is 0 Å². The fraction of sp³-hybridized carbons (Fsp3) is 0.423. The summed E-state index contributed by atoms with van der Waals surface area (Å²) in [4.78, 5) is 14.0. The third kappa shape index (κ3) is 4.57. The highest BCUT2D eigenvalue weighted by Gasteiger charge is 2.50. The molecule has 0 radical (unpaired) electrons. The second-order valence-electron chi connectivity index (χ2n) is 9.86. The number of amides is 1. The van der Waals surface area contributed by atoms with Gasteiger partial charge >= 0.3 is 6.18 Å². The first-order valence-electron chi connectivity index (χ1n) is 12.1. The van der Waals surface area contributed by atoms with Crippen molar-refractivity contribution in [2.75, 3.05) is 18.8 Å². The van der Waals surface area contributed by atoms with E-state index in [4.69, 9.17) is 16.6 Å². The van der Waals surface area contributed by atoms with E-state index in [0.29, 0.717) is 35.7 Å². The number of alkyl halides is 3. The molecule has 1 aliphatic carbocycles. The summed E-state index contributed by atoms with van der Waals surface area (Å²) in [7, 11) is 0. The van der Waals surface area contributed by atoms with E-state index in [9.17, 15) is 18.0 Å². The third-order valence-electron chi connectivity index (χ3n) is 7.46. The van der Waals surface area contributed by atoms with Crippen molar-refractivity contribution < 1.29 is 18.0 Å². The number of hydrogen-bond donors (Lipinski definition) is 2. The van der Waals surface area contributed by atoms with E-state index < -0.39 is 11.7 Å². The fourth-order valence-electron chi connectivity index (χ4n) is 5.62. The number of carbonyl (C=O) groups excluding carboxylic acids is 1. The molecule has 1 saturated carbocycles. The Bertz CT molecular complexity index is 1390. The Kier molecular flexibility index (Phi) is 6.23. The van der Waals surface area contributed by atoms with Crippen molar-refractivity contribution in [1.82, 2.24) is 24.5 Å². The summed E-state index contributed by atoms with van der Waals surface area (Å²) in [5.74, 6) is 5.62. The molecule has 1 spiro atoms. The average molecular weight is 512 g/mol. The summed E-state index contributed by atoms with van der Waals surface area (Å²) >= 11 is 0. The molecule has 5 rings (SSSR count). The third-order valence-corrected chi connectivity index (χ3v) is 7.46. The maximum absolute atomic E-state index is 13.4. The SMILES string of the molecule is CC#CC(=O)N1CC[C@]2(C1)C[C@H](n1nc(-c3cnn(Cc4ccccc4C(F)(F)F)c3)c(CN)c1N)C2. The van der Waals surface area contributed by atoms with Crippen LogP contribution in [0.25, 0.3) is 11.3 Å². The first-order chi connectivity index (χ1) is 17.6. The van der Waals surface area contributed by atoms with Crippen LogP contribution in [-0.4, -0.2) is 43.5 Å².